The van der Waals surface area contributed by atoms with E-state index in [1.165, 1.54) is 11.8 Å². The normalized spacial score (nSPS) is 12.2. The van der Waals surface area contributed by atoms with Crippen LogP contribution >= 0.6 is 23.4 Å². The number of ketones is 1. The Labute approximate surface area is 129 Å². The maximum absolute atomic E-state index is 12.2. The van der Waals surface area contributed by atoms with Gasteiger partial charge in [-0.2, -0.15) is 0 Å². The van der Waals surface area contributed by atoms with Crippen molar-refractivity contribution in [2.24, 2.45) is 11.8 Å². The number of hydrogen-bond donors (Lipinski definition) is 0. The summed E-state index contributed by atoms with van der Waals surface area (Å²) in [5.74, 6) is -1.06. The second-order valence-electron chi connectivity index (χ2n) is 4.69. The first-order valence-electron chi connectivity index (χ1n) is 6.53. The second kappa shape index (κ2) is 8.32. The lowest BCUT2D eigenvalue weighted by Gasteiger charge is -2.17. The summed E-state index contributed by atoms with van der Waals surface area (Å²) in [6.45, 7) is 5.73. The van der Waals surface area contributed by atoms with Crippen molar-refractivity contribution in [3.8, 4) is 0 Å². The Morgan fingerprint density at radius 1 is 1.35 bits per heavy atom. The molecule has 0 saturated carbocycles. The highest BCUT2D eigenvalue weighted by molar-refractivity contribution is 8.00. The highest BCUT2D eigenvalue weighted by Gasteiger charge is 2.30. The largest absolute Gasteiger partial charge is 0.465 e. The first kappa shape index (κ1) is 17.1. The van der Waals surface area contributed by atoms with E-state index < -0.39 is 11.9 Å². The first-order valence-corrected chi connectivity index (χ1v) is 7.89. The van der Waals surface area contributed by atoms with E-state index in [1.807, 2.05) is 26.0 Å². The lowest BCUT2D eigenvalue weighted by Crippen LogP contribution is -2.31. The van der Waals surface area contributed by atoms with Crippen molar-refractivity contribution in [3.05, 3.63) is 29.3 Å². The third-order valence-electron chi connectivity index (χ3n) is 2.73. The van der Waals surface area contributed by atoms with Crippen molar-refractivity contribution in [3.63, 3.8) is 0 Å². The van der Waals surface area contributed by atoms with E-state index in [4.69, 9.17) is 16.3 Å². The zero-order valence-electron chi connectivity index (χ0n) is 11.9. The van der Waals surface area contributed by atoms with Gasteiger partial charge in [0.2, 0.25) is 0 Å². The monoisotopic (exact) mass is 314 g/mol. The second-order valence-corrected chi connectivity index (χ2v) is 6.17. The predicted molar refractivity (Wildman–Crippen MR) is 82.1 cm³/mol. The van der Waals surface area contributed by atoms with E-state index in [1.54, 1.807) is 19.1 Å². The summed E-state index contributed by atoms with van der Waals surface area (Å²) in [6, 6.07) is 7.30. The highest BCUT2D eigenvalue weighted by Crippen LogP contribution is 2.24. The summed E-state index contributed by atoms with van der Waals surface area (Å²) in [6.07, 6.45) is 0. The topological polar surface area (TPSA) is 43.4 Å². The van der Waals surface area contributed by atoms with E-state index in [9.17, 15) is 9.59 Å². The van der Waals surface area contributed by atoms with Crippen molar-refractivity contribution in [1.29, 1.82) is 0 Å². The molecule has 0 heterocycles. The van der Waals surface area contributed by atoms with Gasteiger partial charge in [0.1, 0.15) is 5.92 Å². The minimum absolute atomic E-state index is 0.0680. The summed E-state index contributed by atoms with van der Waals surface area (Å²) >= 11 is 7.27. The number of halogens is 1. The van der Waals surface area contributed by atoms with Gasteiger partial charge in [-0.05, 0) is 31.0 Å². The molecule has 0 aromatic heterocycles. The molecule has 3 nitrogen and oxygen atoms in total. The molecule has 110 valence electrons. The number of carbonyl (C=O) groups excluding carboxylic acids is 2. The van der Waals surface area contributed by atoms with Gasteiger partial charge in [-0.1, -0.05) is 31.5 Å². The fraction of sp³-hybridized carbons (Fsp3) is 0.467. The lowest BCUT2D eigenvalue weighted by molar-refractivity contribution is -0.152. The summed E-state index contributed by atoms with van der Waals surface area (Å²) in [5.41, 5.74) is 0. The minimum Gasteiger partial charge on any atom is -0.465 e. The molecular formula is C15H19ClO3S. The van der Waals surface area contributed by atoms with Crippen LogP contribution in [0.5, 0.6) is 0 Å². The standard InChI is InChI=1S/C15H19ClO3S/c1-4-19-15(18)14(10(2)3)13(17)9-20-12-7-5-6-11(16)8-12/h5-8,10,14H,4,9H2,1-3H3. The van der Waals surface area contributed by atoms with Gasteiger partial charge in [-0.3, -0.25) is 9.59 Å². The SMILES string of the molecule is CCOC(=O)C(C(=O)CSc1cccc(Cl)c1)C(C)C. The third kappa shape index (κ3) is 5.17. The third-order valence-corrected chi connectivity index (χ3v) is 3.98. The van der Waals surface area contributed by atoms with Crippen LogP contribution in [-0.4, -0.2) is 24.1 Å². The van der Waals surface area contributed by atoms with Crippen LogP contribution in [0.4, 0.5) is 0 Å². The minimum atomic E-state index is -0.693. The van der Waals surface area contributed by atoms with E-state index in [0.29, 0.717) is 5.02 Å². The van der Waals surface area contributed by atoms with Crippen LogP contribution in [0.3, 0.4) is 0 Å². The van der Waals surface area contributed by atoms with Crippen LogP contribution in [0.1, 0.15) is 20.8 Å². The van der Waals surface area contributed by atoms with Gasteiger partial charge in [0.15, 0.2) is 5.78 Å². The van der Waals surface area contributed by atoms with Gasteiger partial charge in [0.25, 0.3) is 0 Å². The van der Waals surface area contributed by atoms with Gasteiger partial charge in [0, 0.05) is 9.92 Å². The molecule has 5 heteroatoms. The fourth-order valence-electron chi connectivity index (χ4n) is 1.81. The van der Waals surface area contributed by atoms with Crippen molar-refractivity contribution in [2.75, 3.05) is 12.4 Å². The molecule has 0 radical (unpaired) electrons. The number of thioether (sulfide) groups is 1. The summed E-state index contributed by atoms with van der Waals surface area (Å²) < 4.78 is 4.97. The molecule has 0 spiro atoms. The zero-order valence-corrected chi connectivity index (χ0v) is 13.5. The number of rotatable bonds is 7. The number of Topliss-reactive ketones (excluding diaryl/α,β-unsaturated/α-hetero) is 1. The molecule has 0 N–H and O–H groups in total. The zero-order chi connectivity index (χ0) is 15.1. The van der Waals surface area contributed by atoms with E-state index in [0.717, 1.165) is 4.90 Å². The van der Waals surface area contributed by atoms with Crippen molar-refractivity contribution in [1.82, 2.24) is 0 Å². The molecule has 0 aliphatic rings. The average molecular weight is 315 g/mol. The number of benzene rings is 1. The van der Waals surface area contributed by atoms with Crippen LogP contribution in [0.25, 0.3) is 0 Å². The molecule has 0 saturated heterocycles. The van der Waals surface area contributed by atoms with E-state index in [-0.39, 0.29) is 24.1 Å². The van der Waals surface area contributed by atoms with Gasteiger partial charge >= 0.3 is 5.97 Å². The number of ether oxygens (including phenoxy) is 1. The number of hydrogen-bond acceptors (Lipinski definition) is 4. The molecule has 1 unspecified atom stereocenters. The predicted octanol–water partition coefficient (Wildman–Crippen LogP) is 3.84. The Bertz CT molecular complexity index is 474. The molecule has 1 aromatic carbocycles. The Balaban J connectivity index is 2.65. The highest BCUT2D eigenvalue weighted by atomic mass is 35.5. The maximum Gasteiger partial charge on any atom is 0.316 e. The molecule has 1 atom stereocenters. The van der Waals surface area contributed by atoms with Crippen LogP contribution in [-0.2, 0) is 14.3 Å². The summed E-state index contributed by atoms with van der Waals surface area (Å²) in [5, 5.41) is 0.633. The lowest BCUT2D eigenvalue weighted by atomic mass is 9.92. The first-order chi connectivity index (χ1) is 9.45. The Morgan fingerprint density at radius 3 is 2.60 bits per heavy atom. The number of carbonyl (C=O) groups is 2. The van der Waals surface area contributed by atoms with Gasteiger partial charge in [0.05, 0.1) is 12.4 Å². The summed E-state index contributed by atoms with van der Waals surface area (Å²) in [7, 11) is 0. The molecule has 0 fully saturated rings. The van der Waals surface area contributed by atoms with E-state index >= 15 is 0 Å². The smallest absolute Gasteiger partial charge is 0.316 e. The van der Waals surface area contributed by atoms with Crippen LogP contribution in [0.15, 0.2) is 29.2 Å². The van der Waals surface area contributed by atoms with Crippen molar-refractivity contribution >= 4 is 35.1 Å². The molecule has 1 rings (SSSR count). The van der Waals surface area contributed by atoms with Gasteiger partial charge in [-0.15, -0.1) is 11.8 Å². The Morgan fingerprint density at radius 2 is 2.05 bits per heavy atom. The van der Waals surface area contributed by atoms with Gasteiger partial charge < -0.3 is 4.74 Å². The van der Waals surface area contributed by atoms with Crippen LogP contribution in [0, 0.1) is 11.8 Å². The van der Waals surface area contributed by atoms with Crippen LogP contribution < -0.4 is 0 Å². The molecule has 0 aliphatic carbocycles. The Hall–Kier alpha value is -1.00. The average Bonchev–Trinajstić information content (AvgIpc) is 2.36. The molecule has 1 aromatic rings. The van der Waals surface area contributed by atoms with E-state index in [2.05, 4.69) is 0 Å². The molecule has 0 amide bonds. The maximum atomic E-state index is 12.2. The van der Waals surface area contributed by atoms with Crippen LogP contribution in [0.2, 0.25) is 5.02 Å². The Kier molecular flexibility index (Phi) is 7.10. The van der Waals surface area contributed by atoms with Crippen molar-refractivity contribution in [2.45, 2.75) is 25.7 Å². The fourth-order valence-corrected chi connectivity index (χ4v) is 2.94. The summed E-state index contributed by atoms with van der Waals surface area (Å²) in [4.78, 5) is 24.9. The molecule has 0 bridgehead atoms. The van der Waals surface area contributed by atoms with Crippen molar-refractivity contribution < 1.29 is 14.3 Å². The number of esters is 1. The molecular weight excluding hydrogens is 296 g/mol. The molecule has 0 aliphatic heterocycles. The quantitative estimate of drug-likeness (QED) is 0.436. The molecule has 20 heavy (non-hydrogen) atoms. The van der Waals surface area contributed by atoms with Gasteiger partial charge in [-0.25, -0.2) is 0 Å².